The zero-order valence-electron chi connectivity index (χ0n) is 17.7. The predicted octanol–water partition coefficient (Wildman–Crippen LogP) is 3.34. The number of nitrogen functional groups attached to an aromatic ring is 1. The molecule has 0 radical (unpaired) electrons. The van der Waals surface area contributed by atoms with Crippen molar-refractivity contribution in [3.63, 3.8) is 0 Å². The molecule has 3 heterocycles. The van der Waals surface area contributed by atoms with Crippen molar-refractivity contribution in [3.8, 4) is 17.0 Å². The van der Waals surface area contributed by atoms with E-state index in [1.807, 2.05) is 6.20 Å². The van der Waals surface area contributed by atoms with Gasteiger partial charge >= 0.3 is 6.36 Å². The number of hydrogen-bond acceptors (Lipinski definition) is 6. The molecule has 5 aliphatic rings. The fourth-order valence-corrected chi connectivity index (χ4v) is 5.81. The van der Waals surface area contributed by atoms with Gasteiger partial charge in [-0.2, -0.15) is 0 Å². The Labute approximate surface area is 183 Å². The number of aromatic nitrogens is 3. The Morgan fingerprint density at radius 2 is 1.88 bits per heavy atom. The number of halogens is 3. The maximum atomic E-state index is 12.7. The van der Waals surface area contributed by atoms with E-state index in [0.29, 0.717) is 17.2 Å². The highest BCUT2D eigenvalue weighted by Crippen LogP contribution is 2.68. The third kappa shape index (κ3) is 3.35. The summed E-state index contributed by atoms with van der Waals surface area (Å²) in [4.78, 5) is 11.3. The van der Waals surface area contributed by atoms with E-state index in [9.17, 15) is 13.2 Å². The minimum Gasteiger partial charge on any atom is -0.402 e. The van der Waals surface area contributed by atoms with E-state index in [-0.39, 0.29) is 16.9 Å². The van der Waals surface area contributed by atoms with E-state index in [1.165, 1.54) is 25.1 Å². The Bertz CT molecular complexity index is 1020. The first kappa shape index (κ1) is 20.3. The second kappa shape index (κ2) is 6.84. The molecule has 32 heavy (non-hydrogen) atoms. The van der Waals surface area contributed by atoms with Crippen LogP contribution >= 0.6 is 0 Å². The molecular weight excluding hydrogens is 423 g/mol. The van der Waals surface area contributed by atoms with Crippen molar-refractivity contribution in [3.05, 3.63) is 24.3 Å². The first-order valence-electron chi connectivity index (χ1n) is 11.2. The molecule has 4 aliphatic carbocycles. The normalized spacial score (nSPS) is 30.0. The summed E-state index contributed by atoms with van der Waals surface area (Å²) in [5.41, 5.74) is 7.04. The van der Waals surface area contributed by atoms with Gasteiger partial charge in [0.25, 0.3) is 0 Å². The number of rotatable bonds is 6. The number of alkyl halides is 3. The number of morpholine rings is 1. The van der Waals surface area contributed by atoms with Gasteiger partial charge in [-0.25, -0.2) is 9.97 Å². The van der Waals surface area contributed by atoms with Gasteiger partial charge in [0, 0.05) is 43.0 Å². The average molecular weight is 449 g/mol. The van der Waals surface area contributed by atoms with Gasteiger partial charge in [-0.05, 0) is 44.1 Å². The number of nitrogens with two attached hydrogens (primary N) is 1. The van der Waals surface area contributed by atoms with E-state index in [1.54, 1.807) is 0 Å². The Morgan fingerprint density at radius 1 is 1.16 bits per heavy atom. The molecule has 2 aromatic rings. The zero-order valence-corrected chi connectivity index (χ0v) is 17.7. The molecule has 0 unspecified atom stereocenters. The lowest BCUT2D eigenvalue weighted by atomic mass is 9.43. The lowest BCUT2D eigenvalue weighted by molar-refractivity contribution is -0.274. The summed E-state index contributed by atoms with van der Waals surface area (Å²) in [6, 6.07) is 1.28. The molecule has 0 aromatic carbocycles. The molecule has 5 fully saturated rings. The second-order valence-corrected chi connectivity index (χ2v) is 9.79. The molecule has 1 saturated heterocycles. The topological polar surface area (TPSA) is 78.4 Å². The first-order valence-corrected chi connectivity index (χ1v) is 11.2. The SMILES string of the molecule is Nc1ncc(-c2cn(C34CC(N5CCOCC5)(C3)C4)c(CC3CC3)n2)cc1OC(F)(F)F. The number of hydrogen-bond donors (Lipinski definition) is 1. The van der Waals surface area contributed by atoms with E-state index >= 15 is 0 Å². The molecule has 0 atom stereocenters. The average Bonchev–Trinajstić information content (AvgIpc) is 3.40. The summed E-state index contributed by atoms with van der Waals surface area (Å²) >= 11 is 0. The van der Waals surface area contributed by atoms with Crippen molar-refractivity contribution in [1.29, 1.82) is 0 Å². The van der Waals surface area contributed by atoms with Crippen LogP contribution in [0.4, 0.5) is 19.0 Å². The van der Waals surface area contributed by atoms with Gasteiger partial charge < -0.3 is 19.8 Å². The summed E-state index contributed by atoms with van der Waals surface area (Å²) < 4.78 is 50.1. The van der Waals surface area contributed by atoms with Crippen molar-refractivity contribution < 1.29 is 22.6 Å². The van der Waals surface area contributed by atoms with E-state index in [0.717, 1.165) is 57.8 Å². The molecule has 172 valence electrons. The van der Waals surface area contributed by atoms with Crippen molar-refractivity contribution in [2.45, 2.75) is 56.0 Å². The van der Waals surface area contributed by atoms with Crippen molar-refractivity contribution in [2.24, 2.45) is 5.92 Å². The molecule has 2 bridgehead atoms. The number of anilines is 1. The van der Waals surface area contributed by atoms with Crippen LogP contribution < -0.4 is 10.5 Å². The van der Waals surface area contributed by atoms with Crippen LogP contribution in [-0.4, -0.2) is 57.6 Å². The molecular formula is C22H26F3N5O2. The fraction of sp³-hybridized carbons (Fsp3) is 0.636. The molecule has 2 aromatic heterocycles. The molecule has 10 heteroatoms. The summed E-state index contributed by atoms with van der Waals surface area (Å²) in [5.74, 6) is 0.881. The third-order valence-corrected chi connectivity index (χ3v) is 7.52. The van der Waals surface area contributed by atoms with Gasteiger partial charge in [0.05, 0.1) is 24.4 Å². The van der Waals surface area contributed by atoms with Gasteiger partial charge in [-0.3, -0.25) is 4.90 Å². The monoisotopic (exact) mass is 449 g/mol. The van der Waals surface area contributed by atoms with Crippen molar-refractivity contribution in [1.82, 2.24) is 19.4 Å². The van der Waals surface area contributed by atoms with Gasteiger partial charge in [0.15, 0.2) is 11.6 Å². The minimum atomic E-state index is -4.83. The van der Waals surface area contributed by atoms with Crippen molar-refractivity contribution >= 4 is 5.82 Å². The number of imidazole rings is 1. The second-order valence-electron chi connectivity index (χ2n) is 9.79. The lowest BCUT2D eigenvalue weighted by Gasteiger charge is -2.74. The Hall–Kier alpha value is -2.33. The number of pyridine rings is 1. The molecule has 0 amide bonds. The van der Waals surface area contributed by atoms with E-state index in [4.69, 9.17) is 15.5 Å². The number of ether oxygens (including phenoxy) is 2. The summed E-state index contributed by atoms with van der Waals surface area (Å²) in [5, 5.41) is 0. The van der Waals surface area contributed by atoms with Gasteiger partial charge in [-0.15, -0.1) is 13.2 Å². The smallest absolute Gasteiger partial charge is 0.402 e. The fourth-order valence-electron chi connectivity index (χ4n) is 5.81. The highest BCUT2D eigenvalue weighted by molar-refractivity contribution is 5.64. The minimum absolute atomic E-state index is 0.0698. The molecule has 1 aliphatic heterocycles. The highest BCUT2D eigenvalue weighted by Gasteiger charge is 2.71. The Balaban J connectivity index is 1.28. The Morgan fingerprint density at radius 3 is 2.53 bits per heavy atom. The largest absolute Gasteiger partial charge is 0.573 e. The standard InChI is InChI=1S/C22H26F3N5O2/c23-22(24,25)32-17-8-15(9-27-19(17)26)16-10-30(18(28-16)7-14-1-2-14)21-11-20(12-21,13-21)29-3-5-31-6-4-29/h8-10,14H,1-7,11-13H2,(H2,26,27). The first-order chi connectivity index (χ1) is 15.3. The highest BCUT2D eigenvalue weighted by atomic mass is 19.4. The van der Waals surface area contributed by atoms with Crippen LogP contribution in [0.5, 0.6) is 5.75 Å². The van der Waals surface area contributed by atoms with E-state index < -0.39 is 12.1 Å². The van der Waals surface area contributed by atoms with Crippen LogP contribution in [0.15, 0.2) is 18.5 Å². The van der Waals surface area contributed by atoms with Crippen LogP contribution in [0.2, 0.25) is 0 Å². The third-order valence-electron chi connectivity index (χ3n) is 7.52. The lowest BCUT2D eigenvalue weighted by Crippen LogP contribution is -2.79. The zero-order chi connectivity index (χ0) is 22.1. The number of nitrogens with zero attached hydrogens (tertiary/aromatic N) is 4. The molecule has 2 N–H and O–H groups in total. The van der Waals surface area contributed by atoms with Crippen LogP contribution in [-0.2, 0) is 16.7 Å². The molecule has 7 rings (SSSR count). The quantitative estimate of drug-likeness (QED) is 0.729. The van der Waals surface area contributed by atoms with Crippen LogP contribution in [0.1, 0.15) is 37.9 Å². The summed E-state index contributed by atoms with van der Waals surface area (Å²) in [6.45, 7) is 3.56. The van der Waals surface area contributed by atoms with Crippen LogP contribution in [0.25, 0.3) is 11.3 Å². The van der Waals surface area contributed by atoms with Gasteiger partial charge in [0.2, 0.25) is 0 Å². The Kier molecular flexibility index (Phi) is 4.33. The molecule has 0 spiro atoms. The molecule has 4 saturated carbocycles. The molecule has 7 nitrogen and oxygen atoms in total. The van der Waals surface area contributed by atoms with Gasteiger partial charge in [0.1, 0.15) is 5.82 Å². The summed E-state index contributed by atoms with van der Waals surface area (Å²) in [7, 11) is 0. The predicted molar refractivity (Wildman–Crippen MR) is 110 cm³/mol. The maximum Gasteiger partial charge on any atom is 0.573 e. The maximum absolute atomic E-state index is 12.7. The van der Waals surface area contributed by atoms with Crippen LogP contribution in [0.3, 0.4) is 0 Å². The summed E-state index contributed by atoms with van der Waals surface area (Å²) in [6.07, 6.45) is 5.22. The van der Waals surface area contributed by atoms with Gasteiger partial charge in [-0.1, -0.05) is 0 Å². The van der Waals surface area contributed by atoms with Crippen molar-refractivity contribution in [2.75, 3.05) is 32.0 Å². The van der Waals surface area contributed by atoms with E-state index in [2.05, 4.69) is 19.2 Å². The van der Waals surface area contributed by atoms with Crippen LogP contribution in [0, 0.1) is 5.92 Å².